The molecule has 0 aliphatic carbocycles. The number of fused-ring (bicyclic) bond motifs is 1. The molecule has 3 heterocycles. The van der Waals surface area contributed by atoms with Crippen molar-refractivity contribution in [2.45, 2.75) is 32.3 Å². The summed E-state index contributed by atoms with van der Waals surface area (Å²) >= 11 is 3.41. The van der Waals surface area contributed by atoms with Crippen molar-refractivity contribution in [1.29, 1.82) is 0 Å². The van der Waals surface area contributed by atoms with Crippen molar-refractivity contribution in [2.24, 2.45) is 10.9 Å². The summed E-state index contributed by atoms with van der Waals surface area (Å²) in [4.78, 5) is 26.4. The lowest BCUT2D eigenvalue weighted by Gasteiger charge is -2.28. The first kappa shape index (κ1) is 18.8. The first-order valence-electron chi connectivity index (χ1n) is 8.38. The van der Waals surface area contributed by atoms with E-state index in [9.17, 15) is 9.90 Å². The number of nitrogen functional groups attached to an aromatic ring is 1. The van der Waals surface area contributed by atoms with Crippen LogP contribution in [-0.2, 0) is 9.53 Å². The molecule has 3 unspecified atom stereocenters. The predicted molar refractivity (Wildman–Crippen MR) is 103 cm³/mol. The lowest BCUT2D eigenvalue weighted by Crippen LogP contribution is -2.31. The van der Waals surface area contributed by atoms with E-state index in [1.807, 2.05) is 18.0 Å². The normalized spacial score (nSPS) is 24.9. The summed E-state index contributed by atoms with van der Waals surface area (Å²) in [6, 6.07) is 0. The van der Waals surface area contributed by atoms with E-state index in [0.29, 0.717) is 23.5 Å². The quantitative estimate of drug-likeness (QED) is 0.697. The standard InChI is InChI=1S/C17H22BrN5O3/c1-8-5-20-11(9(2)14(8)26-3)7-23-6-10(4-12(24)25)13-15(18)21-17(19)22-16(13)23/h5,8,10,14H,4,6-7H2,1-3H3,(H,24,25)(H2,19,21,22). The number of carbonyl (C=O) groups is 1. The number of nitrogens with zero attached hydrogens (tertiary/aromatic N) is 4. The van der Waals surface area contributed by atoms with Gasteiger partial charge in [-0.15, -0.1) is 0 Å². The molecule has 26 heavy (non-hydrogen) atoms. The zero-order valence-corrected chi connectivity index (χ0v) is 16.5. The molecule has 0 radical (unpaired) electrons. The van der Waals surface area contributed by atoms with Crippen molar-refractivity contribution in [3.05, 3.63) is 21.4 Å². The average Bonchev–Trinajstić information content (AvgIpc) is 2.87. The summed E-state index contributed by atoms with van der Waals surface area (Å²) in [5.74, 6) is -0.0352. The number of anilines is 2. The molecular formula is C17H22BrN5O3. The Morgan fingerprint density at radius 2 is 2.23 bits per heavy atom. The van der Waals surface area contributed by atoms with E-state index >= 15 is 0 Å². The second kappa shape index (κ2) is 7.32. The van der Waals surface area contributed by atoms with Crippen molar-refractivity contribution < 1.29 is 14.6 Å². The topological polar surface area (TPSA) is 114 Å². The zero-order valence-electron chi connectivity index (χ0n) is 14.9. The molecule has 0 amide bonds. The number of nitrogens with two attached hydrogens (primary N) is 1. The van der Waals surface area contributed by atoms with Gasteiger partial charge in [-0.25, -0.2) is 4.98 Å². The van der Waals surface area contributed by atoms with E-state index < -0.39 is 5.97 Å². The van der Waals surface area contributed by atoms with E-state index in [1.54, 1.807) is 7.11 Å². The van der Waals surface area contributed by atoms with Crippen LogP contribution in [0.15, 0.2) is 20.9 Å². The molecule has 8 nitrogen and oxygen atoms in total. The van der Waals surface area contributed by atoms with Crippen molar-refractivity contribution in [2.75, 3.05) is 30.8 Å². The molecule has 1 aromatic rings. The molecule has 2 aliphatic heterocycles. The highest BCUT2D eigenvalue weighted by Crippen LogP contribution is 2.41. The molecule has 1 aromatic heterocycles. The molecule has 3 rings (SSSR count). The van der Waals surface area contributed by atoms with Crippen molar-refractivity contribution in [3.8, 4) is 0 Å². The van der Waals surface area contributed by atoms with Gasteiger partial charge in [-0.2, -0.15) is 4.98 Å². The number of methoxy groups -OCH3 is 1. The van der Waals surface area contributed by atoms with E-state index in [4.69, 9.17) is 10.5 Å². The van der Waals surface area contributed by atoms with E-state index in [-0.39, 0.29) is 30.3 Å². The van der Waals surface area contributed by atoms with Gasteiger partial charge in [-0.05, 0) is 28.4 Å². The van der Waals surface area contributed by atoms with Gasteiger partial charge < -0.3 is 20.5 Å². The number of halogens is 1. The van der Waals surface area contributed by atoms with Crippen LogP contribution in [-0.4, -0.2) is 53.6 Å². The van der Waals surface area contributed by atoms with Gasteiger partial charge >= 0.3 is 5.97 Å². The van der Waals surface area contributed by atoms with Crippen molar-refractivity contribution >= 4 is 39.9 Å². The van der Waals surface area contributed by atoms with Gasteiger partial charge in [0.2, 0.25) is 5.95 Å². The van der Waals surface area contributed by atoms with Gasteiger partial charge in [0.05, 0.1) is 24.8 Å². The van der Waals surface area contributed by atoms with Crippen LogP contribution in [0.2, 0.25) is 0 Å². The van der Waals surface area contributed by atoms with Gasteiger partial charge in [0.25, 0.3) is 0 Å². The fourth-order valence-corrected chi connectivity index (χ4v) is 4.37. The summed E-state index contributed by atoms with van der Waals surface area (Å²) in [7, 11) is 1.69. The Morgan fingerprint density at radius 1 is 1.50 bits per heavy atom. The van der Waals surface area contributed by atoms with Crippen LogP contribution in [0.3, 0.4) is 0 Å². The van der Waals surface area contributed by atoms with Gasteiger partial charge in [0.1, 0.15) is 10.4 Å². The van der Waals surface area contributed by atoms with Crippen LogP contribution >= 0.6 is 15.9 Å². The number of aromatic nitrogens is 2. The zero-order chi connectivity index (χ0) is 19.0. The number of ether oxygens (including phenoxy) is 1. The first-order chi connectivity index (χ1) is 12.3. The molecule has 0 saturated carbocycles. The Kier molecular flexibility index (Phi) is 5.29. The van der Waals surface area contributed by atoms with E-state index in [2.05, 4.69) is 37.8 Å². The summed E-state index contributed by atoms with van der Waals surface area (Å²) in [5.41, 5.74) is 8.58. The number of hydrogen-bond acceptors (Lipinski definition) is 7. The molecule has 0 bridgehead atoms. The molecule has 0 fully saturated rings. The molecule has 0 saturated heterocycles. The maximum atomic E-state index is 11.3. The third kappa shape index (κ3) is 3.45. The van der Waals surface area contributed by atoms with Crippen LogP contribution in [0.4, 0.5) is 11.8 Å². The molecule has 0 spiro atoms. The van der Waals surface area contributed by atoms with Crippen LogP contribution in [0, 0.1) is 5.92 Å². The highest BCUT2D eigenvalue weighted by molar-refractivity contribution is 9.10. The average molecular weight is 424 g/mol. The highest BCUT2D eigenvalue weighted by atomic mass is 79.9. The first-order valence-corrected chi connectivity index (χ1v) is 9.17. The summed E-state index contributed by atoms with van der Waals surface area (Å²) in [6.07, 6.45) is 1.89. The Balaban J connectivity index is 1.94. The summed E-state index contributed by atoms with van der Waals surface area (Å²) in [5, 5.41) is 9.24. The highest BCUT2D eigenvalue weighted by Gasteiger charge is 2.36. The number of rotatable bonds is 5. The van der Waals surface area contributed by atoms with Gasteiger partial charge in [0.15, 0.2) is 0 Å². The van der Waals surface area contributed by atoms with E-state index in [0.717, 1.165) is 16.8 Å². The Labute approximate surface area is 160 Å². The SMILES string of the molecule is COC1C(C)=C(CN2CC(CC(=O)O)c3c(Br)nc(N)nc32)N=CC1C. The third-order valence-corrected chi connectivity index (χ3v) is 5.49. The summed E-state index contributed by atoms with van der Waals surface area (Å²) in [6.45, 7) is 5.13. The Hall–Kier alpha value is -2.00. The molecule has 3 N–H and O–H groups in total. The second-order valence-electron chi connectivity index (χ2n) is 6.71. The molecule has 140 valence electrons. The van der Waals surface area contributed by atoms with Crippen LogP contribution in [0.25, 0.3) is 0 Å². The molecule has 0 aromatic carbocycles. The number of aliphatic imine (C=N–C) groups is 1. The Bertz CT molecular complexity index is 795. The molecular weight excluding hydrogens is 402 g/mol. The monoisotopic (exact) mass is 423 g/mol. The largest absolute Gasteiger partial charge is 0.481 e. The lowest BCUT2D eigenvalue weighted by molar-refractivity contribution is -0.137. The van der Waals surface area contributed by atoms with Gasteiger partial charge in [-0.3, -0.25) is 9.79 Å². The number of carboxylic acid groups (broad SMARTS) is 1. The van der Waals surface area contributed by atoms with E-state index in [1.165, 1.54) is 0 Å². The van der Waals surface area contributed by atoms with Crippen molar-refractivity contribution in [3.63, 3.8) is 0 Å². The maximum Gasteiger partial charge on any atom is 0.304 e. The number of aliphatic carboxylic acids is 1. The predicted octanol–water partition coefficient (Wildman–Crippen LogP) is 2.21. The Morgan fingerprint density at radius 3 is 2.88 bits per heavy atom. The second-order valence-corrected chi connectivity index (χ2v) is 7.46. The lowest BCUT2D eigenvalue weighted by atomic mass is 9.95. The smallest absolute Gasteiger partial charge is 0.304 e. The van der Waals surface area contributed by atoms with Gasteiger partial charge in [-0.1, -0.05) is 6.92 Å². The van der Waals surface area contributed by atoms with Crippen LogP contribution in [0.1, 0.15) is 31.7 Å². The molecule has 3 atom stereocenters. The molecule has 9 heteroatoms. The van der Waals surface area contributed by atoms with Crippen LogP contribution in [0.5, 0.6) is 0 Å². The van der Waals surface area contributed by atoms with Crippen LogP contribution < -0.4 is 10.6 Å². The number of hydrogen-bond donors (Lipinski definition) is 2. The number of carboxylic acids is 1. The van der Waals surface area contributed by atoms with Gasteiger partial charge in [0, 0.05) is 37.3 Å². The minimum atomic E-state index is -0.856. The fourth-order valence-electron chi connectivity index (χ4n) is 3.68. The fraction of sp³-hybridized carbons (Fsp3) is 0.529. The maximum absolute atomic E-state index is 11.3. The summed E-state index contributed by atoms with van der Waals surface area (Å²) < 4.78 is 6.14. The minimum Gasteiger partial charge on any atom is -0.481 e. The van der Waals surface area contributed by atoms with Crippen molar-refractivity contribution in [1.82, 2.24) is 9.97 Å². The minimum absolute atomic E-state index is 0.00834. The third-order valence-electron chi connectivity index (χ3n) is 4.89. The molecule has 2 aliphatic rings.